The maximum atomic E-state index is 15.5. The first-order valence-corrected chi connectivity index (χ1v) is 21.5. The molecule has 69 heavy (non-hydrogen) atoms. The highest BCUT2D eigenvalue weighted by Crippen LogP contribution is 2.38. The van der Waals surface area contributed by atoms with Crippen LogP contribution in [0.15, 0.2) is 86.2 Å². The molecule has 0 radical (unpaired) electrons. The molecule has 1 aliphatic carbocycles. The van der Waals surface area contributed by atoms with E-state index in [1.807, 2.05) is 0 Å². The molecule has 370 valence electrons. The van der Waals surface area contributed by atoms with Crippen molar-refractivity contribution in [1.29, 1.82) is 0 Å². The molecule has 0 bridgehead atoms. The van der Waals surface area contributed by atoms with Gasteiger partial charge >= 0.3 is 6.09 Å². The fourth-order valence-corrected chi connectivity index (χ4v) is 8.59. The lowest BCUT2D eigenvalue weighted by Gasteiger charge is -2.46. The number of rotatable bonds is 20. The summed E-state index contributed by atoms with van der Waals surface area (Å²) in [7, 11) is 0. The lowest BCUT2D eigenvalue weighted by molar-refractivity contribution is -0.292. The number of nitrogens with zero attached hydrogens (tertiary/aromatic N) is 16. The number of aliphatic hydroxyl groups is 5. The second kappa shape index (κ2) is 25.4. The van der Waals surface area contributed by atoms with E-state index in [1.165, 1.54) is 4.90 Å². The number of alkyl halides is 1. The molecule has 2 aromatic carbocycles. The Kier molecular flexibility index (Phi) is 19.2. The Bertz CT molecular complexity index is 2250. The van der Waals surface area contributed by atoms with E-state index >= 15 is 4.39 Å². The molecule has 5 N–H and O–H groups in total. The SMILES string of the molecule is [N-]=[N+]=NCC1OC(OC2C(CO)OC(OC3C(O)C(N=[N+]=[N-])CC(N=[N+]=[N-])C3OC3OC(C(CF)N(Cc4ccccc4)C(=O)OCc4ccccc4)CCC3N=[N+]=[N-])C2O)C(N=[N+]=[N-])C(O)C1O. The third kappa shape index (κ3) is 12.7. The summed E-state index contributed by atoms with van der Waals surface area (Å²) >= 11 is 0. The van der Waals surface area contributed by atoms with E-state index in [1.54, 1.807) is 60.7 Å². The Morgan fingerprint density at radius 2 is 1.29 bits per heavy atom. The van der Waals surface area contributed by atoms with Gasteiger partial charge in [-0.05, 0) is 58.0 Å². The second-order valence-electron chi connectivity index (χ2n) is 16.2. The highest BCUT2D eigenvalue weighted by Gasteiger charge is 2.55. The second-order valence-corrected chi connectivity index (χ2v) is 16.2. The van der Waals surface area contributed by atoms with Gasteiger partial charge in [-0.3, -0.25) is 4.90 Å². The molecular weight excluding hydrogens is 920 g/mol. The fraction of sp³-hybridized carbons (Fsp3) is 0.667. The van der Waals surface area contributed by atoms with E-state index in [-0.39, 0.29) is 32.4 Å². The van der Waals surface area contributed by atoms with Gasteiger partial charge in [0, 0.05) is 31.1 Å². The first kappa shape index (κ1) is 52.1. The molecular formula is C39H49FN16O13. The van der Waals surface area contributed by atoms with Crippen LogP contribution in [0.1, 0.15) is 30.4 Å². The maximum Gasteiger partial charge on any atom is 0.410 e. The first-order chi connectivity index (χ1) is 33.5. The van der Waals surface area contributed by atoms with Crippen LogP contribution < -0.4 is 0 Å². The Balaban J connectivity index is 1.28. The molecule has 3 aliphatic heterocycles. The lowest BCUT2D eigenvalue weighted by atomic mass is 9.84. The quantitative estimate of drug-likeness (QED) is 0.0708. The molecule has 0 spiro atoms. The van der Waals surface area contributed by atoms with Gasteiger partial charge in [0.1, 0.15) is 49.8 Å². The van der Waals surface area contributed by atoms with Crippen LogP contribution in [-0.4, -0.2) is 166 Å². The van der Waals surface area contributed by atoms with Gasteiger partial charge in [-0.25, -0.2) is 9.18 Å². The smallest absolute Gasteiger partial charge is 0.410 e. The Labute approximate surface area is 390 Å². The first-order valence-electron chi connectivity index (χ1n) is 21.5. The van der Waals surface area contributed by atoms with Crippen molar-refractivity contribution < 1.29 is 67.9 Å². The van der Waals surface area contributed by atoms with Gasteiger partial charge in [0.25, 0.3) is 0 Å². The van der Waals surface area contributed by atoms with Crippen molar-refractivity contribution in [2.75, 3.05) is 19.8 Å². The number of aliphatic hydroxyl groups excluding tert-OH is 5. The third-order valence-electron chi connectivity index (χ3n) is 12.0. The number of carbonyl (C=O) groups excluding carboxylic acids is 1. The van der Waals surface area contributed by atoms with Crippen molar-refractivity contribution in [3.8, 4) is 0 Å². The van der Waals surface area contributed by atoms with Gasteiger partial charge in [0.2, 0.25) is 0 Å². The van der Waals surface area contributed by atoms with E-state index < -0.39 is 136 Å². The van der Waals surface area contributed by atoms with Crippen LogP contribution in [0.2, 0.25) is 0 Å². The minimum Gasteiger partial charge on any atom is -0.445 e. The number of ether oxygens (including phenoxy) is 7. The average Bonchev–Trinajstić information content (AvgIpc) is 3.66. The van der Waals surface area contributed by atoms with Crippen molar-refractivity contribution in [3.05, 3.63) is 124 Å². The van der Waals surface area contributed by atoms with Crippen LogP contribution in [0.3, 0.4) is 0 Å². The van der Waals surface area contributed by atoms with Gasteiger partial charge in [-0.2, -0.15) is 0 Å². The molecule has 30 heteroatoms. The molecule has 29 nitrogen and oxygen atoms in total. The predicted octanol–water partition coefficient (Wildman–Crippen LogP) is 4.14. The van der Waals surface area contributed by atoms with E-state index in [4.69, 9.17) is 38.7 Å². The fourth-order valence-electron chi connectivity index (χ4n) is 8.59. The molecule has 4 aliphatic rings. The third-order valence-corrected chi connectivity index (χ3v) is 12.0. The zero-order valence-electron chi connectivity index (χ0n) is 36.4. The maximum absolute atomic E-state index is 15.5. The van der Waals surface area contributed by atoms with E-state index in [2.05, 4.69) is 50.1 Å². The Morgan fingerprint density at radius 3 is 1.93 bits per heavy atom. The summed E-state index contributed by atoms with van der Waals surface area (Å²) in [6.45, 7) is -2.77. The highest BCUT2D eigenvalue weighted by atomic mass is 19.1. The number of benzene rings is 2. The summed E-state index contributed by atoms with van der Waals surface area (Å²) in [5.74, 6) is 0. The lowest BCUT2D eigenvalue weighted by Crippen LogP contribution is -2.61. The van der Waals surface area contributed by atoms with Crippen molar-refractivity contribution in [1.82, 2.24) is 4.90 Å². The molecule has 0 aromatic heterocycles. The van der Waals surface area contributed by atoms with Crippen molar-refractivity contribution in [2.24, 2.45) is 25.6 Å². The summed E-state index contributed by atoms with van der Waals surface area (Å²) in [6, 6.07) is 10.7. The van der Waals surface area contributed by atoms with Crippen LogP contribution in [0.4, 0.5) is 9.18 Å². The normalized spacial score (nSPS) is 34.5. The predicted molar refractivity (Wildman–Crippen MR) is 230 cm³/mol. The van der Waals surface area contributed by atoms with Gasteiger partial charge in [-0.1, -0.05) is 86.2 Å². The zero-order valence-corrected chi connectivity index (χ0v) is 36.4. The van der Waals surface area contributed by atoms with Gasteiger partial charge < -0.3 is 58.7 Å². The molecule has 4 fully saturated rings. The van der Waals surface area contributed by atoms with Crippen molar-refractivity contribution in [2.45, 2.75) is 143 Å². The molecule has 18 unspecified atom stereocenters. The molecule has 1 saturated carbocycles. The molecule has 6 rings (SSSR count). The Hall–Kier alpha value is -6.25. The van der Waals surface area contributed by atoms with Crippen LogP contribution in [-0.2, 0) is 46.3 Å². The summed E-state index contributed by atoms with van der Waals surface area (Å²) < 4.78 is 57.4. The summed E-state index contributed by atoms with van der Waals surface area (Å²) in [4.78, 5) is 28.9. The largest absolute Gasteiger partial charge is 0.445 e. The minimum absolute atomic E-state index is 0.000359. The monoisotopic (exact) mass is 968 g/mol. The number of azide groups is 5. The van der Waals surface area contributed by atoms with Crippen molar-refractivity contribution in [3.63, 3.8) is 0 Å². The minimum atomic E-state index is -1.93. The van der Waals surface area contributed by atoms with E-state index in [0.717, 1.165) is 0 Å². The number of hydrogen-bond donors (Lipinski definition) is 5. The number of hydrogen-bond acceptors (Lipinski definition) is 18. The van der Waals surface area contributed by atoms with E-state index in [9.17, 15) is 52.5 Å². The summed E-state index contributed by atoms with van der Waals surface area (Å²) in [6.07, 6.45) is -22.9. The standard InChI is InChI=1S/C39H49FN16O13/c40-14-24(56(16-19-7-3-1-4-8-19)39(62)63-18-20-9-5-2-6-10-20)25-12-11-21(47-52-42)36(64-25)67-33-23(49-54-44)13-22(48-53-43)29(58)35(33)69-38-32(61)34(27(17-57)66-38)68-37-28(50-55-45)31(60)30(59)26(65-37)15-46-51-41/h1-10,21-38,57-61H,11-18H2. The van der Waals surface area contributed by atoms with Crippen LogP contribution in [0.25, 0.3) is 52.2 Å². The van der Waals surface area contributed by atoms with Gasteiger partial charge in [-0.15, -0.1) is 0 Å². The van der Waals surface area contributed by atoms with E-state index in [0.29, 0.717) is 11.1 Å². The number of carbonyl (C=O) groups is 1. The van der Waals surface area contributed by atoms with Crippen LogP contribution >= 0.6 is 0 Å². The summed E-state index contributed by atoms with van der Waals surface area (Å²) in [5.41, 5.74) is 48.0. The van der Waals surface area contributed by atoms with Gasteiger partial charge in [0.15, 0.2) is 18.9 Å². The van der Waals surface area contributed by atoms with Crippen LogP contribution in [0, 0.1) is 0 Å². The molecule has 18 atom stereocenters. The molecule has 3 heterocycles. The Morgan fingerprint density at radius 1 is 0.681 bits per heavy atom. The topological polar surface area (TPSA) is 430 Å². The number of amides is 1. The van der Waals surface area contributed by atoms with Crippen LogP contribution in [0.5, 0.6) is 0 Å². The number of halogens is 1. The summed E-state index contributed by atoms with van der Waals surface area (Å²) in [5, 5.41) is 73.2. The average molecular weight is 969 g/mol. The van der Waals surface area contributed by atoms with Crippen molar-refractivity contribution >= 4 is 6.09 Å². The molecule has 1 amide bonds. The molecule has 3 saturated heterocycles. The molecule has 2 aromatic rings. The zero-order chi connectivity index (χ0) is 49.5. The highest BCUT2D eigenvalue weighted by molar-refractivity contribution is 5.68. The van der Waals surface area contributed by atoms with Gasteiger partial charge in [0.05, 0.1) is 67.8 Å².